The van der Waals surface area contributed by atoms with Crippen LogP contribution in [-0.2, 0) is 0 Å². The Bertz CT molecular complexity index is 673. The Labute approximate surface area is 102 Å². The molecule has 3 aromatic rings. The lowest BCUT2D eigenvalue weighted by Gasteiger charge is -1.97. The first-order valence-corrected chi connectivity index (χ1v) is 5.47. The second-order valence-corrected chi connectivity index (χ2v) is 4.10. The molecule has 2 aromatic carbocycles. The monoisotopic (exact) mass is 245 g/mol. The zero-order valence-corrected chi connectivity index (χ0v) is 9.48. The minimum absolute atomic E-state index is 0.218. The third kappa shape index (κ3) is 1.65. The maximum atomic E-state index is 9.24. The van der Waals surface area contributed by atoms with E-state index in [1.165, 1.54) is 0 Å². The number of aromatic nitrogens is 1. The van der Waals surface area contributed by atoms with Crippen molar-refractivity contribution in [3.8, 4) is 17.1 Å². The molecule has 84 valence electrons. The fraction of sp³-hybridized carbons (Fsp3) is 0. The molecule has 0 saturated heterocycles. The second-order valence-electron chi connectivity index (χ2n) is 3.69. The normalized spacial score (nSPS) is 10.9. The molecule has 0 aliphatic carbocycles. The van der Waals surface area contributed by atoms with E-state index in [-0.39, 0.29) is 5.75 Å². The fourth-order valence-electron chi connectivity index (χ4n) is 1.75. The van der Waals surface area contributed by atoms with Crippen LogP contribution in [0.1, 0.15) is 0 Å². The Morgan fingerprint density at radius 2 is 1.82 bits per heavy atom. The van der Waals surface area contributed by atoms with Gasteiger partial charge in [0.05, 0.1) is 10.4 Å². The van der Waals surface area contributed by atoms with Gasteiger partial charge in [0.1, 0.15) is 11.3 Å². The van der Waals surface area contributed by atoms with E-state index in [9.17, 15) is 5.11 Å². The molecular formula is C13H8ClNO2. The van der Waals surface area contributed by atoms with E-state index in [4.69, 9.17) is 16.1 Å². The third-order valence-corrected chi connectivity index (χ3v) is 2.89. The Kier molecular flexibility index (Phi) is 2.27. The average molecular weight is 246 g/mol. The smallest absolute Gasteiger partial charge is 0.174 e. The molecule has 1 heterocycles. The molecule has 3 rings (SSSR count). The number of phenolic OH excluding ortho intramolecular Hbond substituents is 1. The molecule has 0 bridgehead atoms. The van der Waals surface area contributed by atoms with Crippen LogP contribution in [-0.4, -0.2) is 10.3 Å². The number of hydrogen-bond donors (Lipinski definition) is 1. The first-order chi connectivity index (χ1) is 8.25. The molecule has 0 saturated carbocycles. The van der Waals surface area contributed by atoms with Crippen LogP contribution >= 0.6 is 11.6 Å². The van der Waals surface area contributed by atoms with Crippen LogP contribution in [0.4, 0.5) is 0 Å². The number of aromatic hydroxyl groups is 1. The molecule has 0 aliphatic rings. The van der Waals surface area contributed by atoms with Crippen LogP contribution in [0.25, 0.3) is 22.2 Å². The fourth-order valence-corrected chi connectivity index (χ4v) is 1.96. The van der Waals surface area contributed by atoms with Crippen molar-refractivity contribution in [2.24, 2.45) is 0 Å². The number of phenols is 1. The Morgan fingerprint density at radius 1 is 1.06 bits per heavy atom. The van der Waals surface area contributed by atoms with Crippen molar-refractivity contribution in [2.45, 2.75) is 0 Å². The highest BCUT2D eigenvalue weighted by Gasteiger charge is 2.12. The molecule has 1 N–H and O–H groups in total. The molecule has 0 aliphatic heterocycles. The first kappa shape index (κ1) is 10.2. The van der Waals surface area contributed by atoms with Gasteiger partial charge in [0.2, 0.25) is 0 Å². The van der Waals surface area contributed by atoms with E-state index in [0.717, 1.165) is 10.9 Å². The second kappa shape index (κ2) is 3.79. The standard InChI is InChI=1S/C13H8ClNO2/c14-11-3-1-2-10-12(11)15-17-13(10)8-4-6-9(16)7-5-8/h1-7,16H. The largest absolute Gasteiger partial charge is 0.508 e. The predicted molar refractivity (Wildman–Crippen MR) is 66.1 cm³/mol. The Balaban J connectivity index is 2.24. The van der Waals surface area contributed by atoms with Gasteiger partial charge in [-0.15, -0.1) is 0 Å². The molecule has 1 aromatic heterocycles. The molecule has 0 amide bonds. The summed E-state index contributed by atoms with van der Waals surface area (Å²) in [5.74, 6) is 0.873. The molecule has 0 fully saturated rings. The van der Waals surface area contributed by atoms with Gasteiger partial charge in [-0.25, -0.2) is 0 Å². The summed E-state index contributed by atoms with van der Waals surface area (Å²) in [5, 5.41) is 14.6. The Morgan fingerprint density at radius 3 is 2.59 bits per heavy atom. The van der Waals surface area contributed by atoms with Crippen molar-refractivity contribution in [1.29, 1.82) is 0 Å². The van der Waals surface area contributed by atoms with Gasteiger partial charge in [-0.3, -0.25) is 0 Å². The number of benzene rings is 2. The Hall–Kier alpha value is -2.00. The molecular weight excluding hydrogens is 238 g/mol. The van der Waals surface area contributed by atoms with Gasteiger partial charge in [-0.2, -0.15) is 0 Å². The number of halogens is 1. The zero-order valence-electron chi connectivity index (χ0n) is 8.72. The topological polar surface area (TPSA) is 46.3 Å². The molecule has 0 spiro atoms. The van der Waals surface area contributed by atoms with Gasteiger partial charge in [-0.1, -0.05) is 22.8 Å². The van der Waals surface area contributed by atoms with E-state index in [1.807, 2.05) is 12.1 Å². The van der Waals surface area contributed by atoms with Crippen LogP contribution < -0.4 is 0 Å². The molecule has 17 heavy (non-hydrogen) atoms. The number of hydrogen-bond acceptors (Lipinski definition) is 3. The van der Waals surface area contributed by atoms with Crippen LogP contribution in [0.15, 0.2) is 47.0 Å². The van der Waals surface area contributed by atoms with Gasteiger partial charge < -0.3 is 9.63 Å². The summed E-state index contributed by atoms with van der Waals surface area (Å²) in [6.45, 7) is 0. The van der Waals surface area contributed by atoms with Crippen LogP contribution in [0.3, 0.4) is 0 Å². The lowest BCUT2D eigenvalue weighted by molar-refractivity contribution is 0.440. The molecule has 0 unspecified atom stereocenters. The van der Waals surface area contributed by atoms with Crippen molar-refractivity contribution < 1.29 is 9.63 Å². The number of nitrogens with zero attached hydrogens (tertiary/aromatic N) is 1. The van der Waals surface area contributed by atoms with E-state index in [2.05, 4.69) is 5.16 Å². The first-order valence-electron chi connectivity index (χ1n) is 5.09. The number of fused-ring (bicyclic) bond motifs is 1. The maximum Gasteiger partial charge on any atom is 0.174 e. The molecule has 0 atom stereocenters. The molecule has 0 radical (unpaired) electrons. The van der Waals surface area contributed by atoms with Gasteiger partial charge in [0, 0.05) is 5.56 Å². The van der Waals surface area contributed by atoms with Gasteiger partial charge in [0.15, 0.2) is 5.76 Å². The van der Waals surface area contributed by atoms with Crippen molar-refractivity contribution in [3.63, 3.8) is 0 Å². The van der Waals surface area contributed by atoms with E-state index >= 15 is 0 Å². The lowest BCUT2D eigenvalue weighted by atomic mass is 10.1. The summed E-state index contributed by atoms with van der Waals surface area (Å²) < 4.78 is 5.31. The summed E-state index contributed by atoms with van der Waals surface area (Å²) in [4.78, 5) is 0. The highest BCUT2D eigenvalue weighted by Crippen LogP contribution is 2.32. The van der Waals surface area contributed by atoms with Crippen LogP contribution in [0.2, 0.25) is 5.02 Å². The van der Waals surface area contributed by atoms with Gasteiger partial charge >= 0.3 is 0 Å². The van der Waals surface area contributed by atoms with E-state index in [1.54, 1.807) is 30.3 Å². The maximum absolute atomic E-state index is 9.24. The van der Waals surface area contributed by atoms with Crippen molar-refractivity contribution in [3.05, 3.63) is 47.5 Å². The summed E-state index contributed by atoms with van der Waals surface area (Å²) in [5.41, 5.74) is 1.50. The van der Waals surface area contributed by atoms with Crippen molar-refractivity contribution in [1.82, 2.24) is 5.16 Å². The summed E-state index contributed by atoms with van der Waals surface area (Å²) in [6.07, 6.45) is 0. The SMILES string of the molecule is Oc1ccc(-c2onc3c(Cl)cccc23)cc1. The highest BCUT2D eigenvalue weighted by molar-refractivity contribution is 6.35. The third-order valence-electron chi connectivity index (χ3n) is 2.59. The molecule has 4 heteroatoms. The number of rotatable bonds is 1. The predicted octanol–water partition coefficient (Wildman–Crippen LogP) is 3.85. The minimum atomic E-state index is 0.218. The van der Waals surface area contributed by atoms with Crippen molar-refractivity contribution >= 4 is 22.5 Å². The van der Waals surface area contributed by atoms with E-state index < -0.39 is 0 Å². The lowest BCUT2D eigenvalue weighted by Crippen LogP contribution is -1.75. The van der Waals surface area contributed by atoms with Gasteiger partial charge in [-0.05, 0) is 36.4 Å². The van der Waals surface area contributed by atoms with Crippen LogP contribution in [0, 0.1) is 0 Å². The minimum Gasteiger partial charge on any atom is -0.508 e. The average Bonchev–Trinajstić information content (AvgIpc) is 2.75. The van der Waals surface area contributed by atoms with Crippen LogP contribution in [0.5, 0.6) is 5.75 Å². The molecule has 3 nitrogen and oxygen atoms in total. The summed E-state index contributed by atoms with van der Waals surface area (Å²) >= 11 is 6.02. The van der Waals surface area contributed by atoms with Gasteiger partial charge in [0.25, 0.3) is 0 Å². The zero-order chi connectivity index (χ0) is 11.8. The quantitative estimate of drug-likeness (QED) is 0.708. The van der Waals surface area contributed by atoms with Crippen molar-refractivity contribution in [2.75, 3.05) is 0 Å². The summed E-state index contributed by atoms with van der Waals surface area (Å²) in [6, 6.07) is 12.3. The summed E-state index contributed by atoms with van der Waals surface area (Å²) in [7, 11) is 0. The highest BCUT2D eigenvalue weighted by atomic mass is 35.5. The van der Waals surface area contributed by atoms with E-state index in [0.29, 0.717) is 16.3 Å².